The van der Waals surface area contributed by atoms with Crippen molar-refractivity contribution in [3.8, 4) is 0 Å². The van der Waals surface area contributed by atoms with Gasteiger partial charge >= 0.3 is 0 Å². The van der Waals surface area contributed by atoms with Gasteiger partial charge < -0.3 is 9.88 Å². The Kier molecular flexibility index (Phi) is 4.91. The summed E-state index contributed by atoms with van der Waals surface area (Å²) in [4.78, 5) is 24.3. The van der Waals surface area contributed by atoms with Crippen LogP contribution < -0.4 is 10.7 Å². The molecule has 3 rings (SSSR count). The second-order valence-corrected chi connectivity index (χ2v) is 6.73. The smallest absolute Gasteiger partial charge is 0.244 e. The molecule has 0 saturated carbocycles. The van der Waals surface area contributed by atoms with Gasteiger partial charge in [-0.15, -0.1) is 0 Å². The molecule has 4 nitrogen and oxygen atoms in total. The molecule has 5 heteroatoms. The second kappa shape index (κ2) is 7.11. The molecule has 0 radical (unpaired) electrons. The van der Waals surface area contributed by atoms with E-state index < -0.39 is 0 Å². The zero-order valence-corrected chi connectivity index (χ0v) is 14.9. The number of aromatic nitrogens is 1. The van der Waals surface area contributed by atoms with Crippen molar-refractivity contribution in [3.63, 3.8) is 0 Å². The van der Waals surface area contributed by atoms with Gasteiger partial charge in [-0.25, -0.2) is 0 Å². The second-order valence-electron chi connectivity index (χ2n) is 6.29. The summed E-state index contributed by atoms with van der Waals surface area (Å²) in [7, 11) is 0. The molecular weight excluding hydrogens is 336 g/mol. The highest BCUT2D eigenvalue weighted by Crippen LogP contribution is 2.18. The highest BCUT2D eigenvalue weighted by molar-refractivity contribution is 6.31. The third kappa shape index (κ3) is 3.91. The Labute approximate surface area is 151 Å². The van der Waals surface area contributed by atoms with Crippen molar-refractivity contribution in [2.45, 2.75) is 26.3 Å². The van der Waals surface area contributed by atoms with Gasteiger partial charge in [-0.2, -0.15) is 0 Å². The third-order valence-corrected chi connectivity index (χ3v) is 4.35. The number of rotatable bonds is 4. The number of hydrogen-bond acceptors (Lipinski definition) is 2. The maximum atomic E-state index is 12.4. The zero-order chi connectivity index (χ0) is 18.0. The van der Waals surface area contributed by atoms with E-state index in [9.17, 15) is 9.59 Å². The molecule has 0 aliphatic heterocycles. The summed E-state index contributed by atoms with van der Waals surface area (Å²) < 4.78 is 1.72. The van der Waals surface area contributed by atoms with E-state index in [1.807, 2.05) is 24.3 Å². The first kappa shape index (κ1) is 17.2. The van der Waals surface area contributed by atoms with Crippen LogP contribution in [0.3, 0.4) is 0 Å². The molecule has 0 unspecified atom stereocenters. The fourth-order valence-corrected chi connectivity index (χ4v) is 2.89. The first-order valence-corrected chi connectivity index (χ1v) is 8.50. The lowest BCUT2D eigenvalue weighted by Gasteiger charge is -2.12. The Bertz CT molecular complexity index is 975. The minimum absolute atomic E-state index is 0.0902. The van der Waals surface area contributed by atoms with Crippen molar-refractivity contribution in [1.29, 1.82) is 0 Å². The molecule has 0 fully saturated rings. The molecule has 0 atom stereocenters. The van der Waals surface area contributed by atoms with Crippen LogP contribution in [0.25, 0.3) is 10.9 Å². The third-order valence-electron chi connectivity index (χ3n) is 4.12. The van der Waals surface area contributed by atoms with Crippen molar-refractivity contribution < 1.29 is 4.79 Å². The number of carbonyl (C=O) groups is 1. The highest BCUT2D eigenvalue weighted by Gasteiger charge is 2.08. The first-order valence-electron chi connectivity index (χ1n) is 8.12. The van der Waals surface area contributed by atoms with Crippen LogP contribution in [0.4, 0.5) is 5.69 Å². The van der Waals surface area contributed by atoms with Crippen molar-refractivity contribution in [2.75, 3.05) is 5.32 Å². The van der Waals surface area contributed by atoms with Gasteiger partial charge in [-0.1, -0.05) is 37.6 Å². The van der Waals surface area contributed by atoms with E-state index in [4.69, 9.17) is 11.6 Å². The minimum Gasteiger partial charge on any atom is -0.338 e. The number of halogens is 1. The largest absolute Gasteiger partial charge is 0.338 e. The van der Waals surface area contributed by atoms with Gasteiger partial charge in [0.15, 0.2) is 5.43 Å². The van der Waals surface area contributed by atoms with Crippen molar-refractivity contribution in [1.82, 2.24) is 4.57 Å². The van der Waals surface area contributed by atoms with Crippen LogP contribution in [-0.2, 0) is 11.3 Å². The Morgan fingerprint density at radius 1 is 1.12 bits per heavy atom. The molecule has 128 valence electrons. The fraction of sp³-hybridized carbons (Fsp3) is 0.200. The molecule has 3 aromatic rings. The molecule has 0 aliphatic carbocycles. The topological polar surface area (TPSA) is 51.1 Å². The molecule has 25 heavy (non-hydrogen) atoms. The molecule has 0 saturated heterocycles. The van der Waals surface area contributed by atoms with E-state index in [1.54, 1.807) is 29.0 Å². The number of anilines is 1. The molecule has 1 aromatic heterocycles. The first-order chi connectivity index (χ1) is 11.9. The monoisotopic (exact) mass is 354 g/mol. The summed E-state index contributed by atoms with van der Waals surface area (Å²) in [5.74, 6) is 0.282. The number of fused-ring (bicyclic) bond motifs is 1. The number of hydrogen-bond donors (Lipinski definition) is 1. The summed E-state index contributed by atoms with van der Waals surface area (Å²) >= 11 is 6.03. The molecule has 0 aliphatic rings. The minimum atomic E-state index is -0.165. The van der Waals surface area contributed by atoms with Gasteiger partial charge in [-0.05, 0) is 41.8 Å². The van der Waals surface area contributed by atoms with Gasteiger partial charge in [0.05, 0.1) is 5.52 Å². The Morgan fingerprint density at radius 2 is 1.84 bits per heavy atom. The summed E-state index contributed by atoms with van der Waals surface area (Å²) in [6.07, 6.45) is 1.61. The summed E-state index contributed by atoms with van der Waals surface area (Å²) in [5, 5.41) is 3.95. The van der Waals surface area contributed by atoms with Crippen molar-refractivity contribution in [2.24, 2.45) is 0 Å². The molecule has 1 amide bonds. The average molecular weight is 355 g/mol. The number of nitrogens with zero attached hydrogens (tertiary/aromatic N) is 1. The molecule has 1 N–H and O–H groups in total. The van der Waals surface area contributed by atoms with Gasteiger partial charge in [0, 0.05) is 28.4 Å². The summed E-state index contributed by atoms with van der Waals surface area (Å²) in [5.41, 5.74) is 2.52. The maximum Gasteiger partial charge on any atom is 0.244 e. The predicted octanol–water partition coefficient (Wildman–Crippen LogP) is 4.42. The number of nitrogens with one attached hydrogen (secondary N) is 1. The molecule has 2 aromatic carbocycles. The van der Waals surface area contributed by atoms with Gasteiger partial charge in [0.2, 0.25) is 5.91 Å². The molecule has 0 bridgehead atoms. The Hall–Kier alpha value is -2.59. The lowest BCUT2D eigenvalue weighted by Crippen LogP contribution is -2.20. The van der Waals surface area contributed by atoms with Crippen LogP contribution in [-0.4, -0.2) is 10.5 Å². The Morgan fingerprint density at radius 3 is 2.52 bits per heavy atom. The van der Waals surface area contributed by atoms with Gasteiger partial charge in [0.25, 0.3) is 0 Å². The number of benzene rings is 2. The maximum absolute atomic E-state index is 12.4. The van der Waals surface area contributed by atoms with Crippen LogP contribution in [0.15, 0.2) is 59.5 Å². The van der Waals surface area contributed by atoms with Crippen LogP contribution in [0.5, 0.6) is 0 Å². The fourth-order valence-electron chi connectivity index (χ4n) is 2.72. The van der Waals surface area contributed by atoms with Crippen LogP contribution in [0.2, 0.25) is 5.02 Å². The molecule has 1 heterocycles. The normalized spacial score (nSPS) is 11.0. The van der Waals surface area contributed by atoms with E-state index >= 15 is 0 Å². The highest BCUT2D eigenvalue weighted by atomic mass is 35.5. The van der Waals surface area contributed by atoms with E-state index in [1.165, 1.54) is 11.6 Å². The van der Waals surface area contributed by atoms with Gasteiger partial charge in [-0.3, -0.25) is 9.59 Å². The molecular formula is C20H19ClN2O2. The van der Waals surface area contributed by atoms with Gasteiger partial charge in [0.1, 0.15) is 6.54 Å². The van der Waals surface area contributed by atoms with Crippen molar-refractivity contribution >= 4 is 34.1 Å². The lowest BCUT2D eigenvalue weighted by molar-refractivity contribution is -0.116. The summed E-state index contributed by atoms with van der Waals surface area (Å²) in [6.45, 7) is 4.35. The van der Waals surface area contributed by atoms with Crippen LogP contribution in [0, 0.1) is 0 Å². The van der Waals surface area contributed by atoms with Crippen LogP contribution >= 0.6 is 11.6 Å². The van der Waals surface area contributed by atoms with E-state index in [0.29, 0.717) is 21.8 Å². The lowest BCUT2D eigenvalue weighted by atomic mass is 10.0. The number of carbonyl (C=O) groups excluding carboxylic acids is 1. The van der Waals surface area contributed by atoms with E-state index in [-0.39, 0.29) is 17.9 Å². The molecule has 0 spiro atoms. The van der Waals surface area contributed by atoms with Crippen LogP contribution in [0.1, 0.15) is 25.3 Å². The van der Waals surface area contributed by atoms with E-state index in [0.717, 1.165) is 5.69 Å². The Balaban J connectivity index is 1.81. The number of amides is 1. The standard InChI is InChI=1S/C20H19ClN2O2/c1-13(2)14-3-6-16(7-4-14)22-20(25)12-23-10-9-19(24)17-8-5-15(21)11-18(17)23/h3-11,13H,12H2,1-2H3,(H,22,25). The predicted molar refractivity (Wildman–Crippen MR) is 102 cm³/mol. The average Bonchev–Trinajstić information content (AvgIpc) is 2.58. The SMILES string of the molecule is CC(C)c1ccc(NC(=O)Cn2ccc(=O)c3ccc(Cl)cc32)cc1. The van der Waals surface area contributed by atoms with Crippen molar-refractivity contribution in [3.05, 3.63) is 75.5 Å². The quantitative estimate of drug-likeness (QED) is 0.754. The number of pyridine rings is 1. The zero-order valence-electron chi connectivity index (χ0n) is 14.1. The van der Waals surface area contributed by atoms with E-state index in [2.05, 4.69) is 19.2 Å². The summed E-state index contributed by atoms with van der Waals surface area (Å²) in [6, 6.07) is 14.3.